The number of hydrogen-bond acceptors (Lipinski definition) is 2. The molecule has 0 aliphatic heterocycles. The molecule has 1 aromatic carbocycles. The van der Waals surface area contributed by atoms with E-state index in [-0.39, 0.29) is 18.5 Å². The Balaban J connectivity index is 2.82. The molecule has 6 heteroatoms. The summed E-state index contributed by atoms with van der Waals surface area (Å²) in [6.45, 7) is 2.01. The second kappa shape index (κ2) is 6.09. The Morgan fingerprint density at radius 1 is 1.28 bits per heavy atom. The molecule has 1 amide bonds. The molecule has 1 aromatic rings. The molecule has 1 rings (SSSR count). The van der Waals surface area contributed by atoms with Crippen LogP contribution in [0.1, 0.15) is 23.7 Å². The molecular weight excluding hydrogens is 244 g/mol. The highest BCUT2D eigenvalue weighted by atomic mass is 19.2. The number of carboxylic acid groups (broad SMARTS) is 1. The van der Waals surface area contributed by atoms with E-state index in [0.29, 0.717) is 6.54 Å². The van der Waals surface area contributed by atoms with Crippen LogP contribution in [0.25, 0.3) is 0 Å². The summed E-state index contributed by atoms with van der Waals surface area (Å²) >= 11 is 0. The smallest absolute Gasteiger partial charge is 0.305 e. The standard InChI is InChI=1S/C12H13F2NO3/c1-2-15(6-5-11(16)17)12(18)8-3-4-9(13)10(14)7-8/h3-4,7H,2,5-6H2,1H3,(H,16,17). The molecule has 0 unspecified atom stereocenters. The minimum absolute atomic E-state index is 0.00105. The number of rotatable bonds is 5. The SMILES string of the molecule is CCN(CCC(=O)O)C(=O)c1ccc(F)c(F)c1. The van der Waals surface area contributed by atoms with Crippen LogP contribution in [-0.4, -0.2) is 35.0 Å². The number of halogens is 2. The Morgan fingerprint density at radius 2 is 1.94 bits per heavy atom. The Kier molecular flexibility index (Phi) is 4.76. The Morgan fingerprint density at radius 3 is 2.44 bits per heavy atom. The maximum atomic E-state index is 13.0. The van der Waals surface area contributed by atoms with Crippen LogP contribution < -0.4 is 0 Å². The molecule has 0 spiro atoms. The predicted octanol–water partition coefficient (Wildman–Crippen LogP) is 1.90. The highest BCUT2D eigenvalue weighted by molar-refractivity contribution is 5.94. The number of benzene rings is 1. The Labute approximate surface area is 103 Å². The van der Waals surface area contributed by atoms with E-state index in [1.165, 1.54) is 11.0 Å². The van der Waals surface area contributed by atoms with Crippen LogP contribution in [0.2, 0.25) is 0 Å². The molecule has 0 aliphatic rings. The minimum atomic E-state index is -1.10. The molecule has 1 N–H and O–H groups in total. The maximum absolute atomic E-state index is 13.0. The molecule has 18 heavy (non-hydrogen) atoms. The van der Waals surface area contributed by atoms with Gasteiger partial charge in [0.05, 0.1) is 6.42 Å². The second-order valence-electron chi connectivity index (χ2n) is 3.66. The Bertz CT molecular complexity index is 463. The summed E-state index contributed by atoms with van der Waals surface area (Å²) in [5.74, 6) is -3.67. The third-order valence-corrected chi connectivity index (χ3v) is 2.43. The topological polar surface area (TPSA) is 57.6 Å². The van der Waals surface area contributed by atoms with Crippen molar-refractivity contribution < 1.29 is 23.5 Å². The van der Waals surface area contributed by atoms with Gasteiger partial charge < -0.3 is 10.0 Å². The van der Waals surface area contributed by atoms with Gasteiger partial charge in [-0.2, -0.15) is 0 Å². The van der Waals surface area contributed by atoms with Gasteiger partial charge in [0.15, 0.2) is 11.6 Å². The fraction of sp³-hybridized carbons (Fsp3) is 0.333. The van der Waals surface area contributed by atoms with E-state index in [1.54, 1.807) is 6.92 Å². The number of carbonyl (C=O) groups excluding carboxylic acids is 1. The van der Waals surface area contributed by atoms with Gasteiger partial charge in [-0.05, 0) is 25.1 Å². The first-order chi connectivity index (χ1) is 8.45. The van der Waals surface area contributed by atoms with Crippen LogP contribution in [0.4, 0.5) is 8.78 Å². The van der Waals surface area contributed by atoms with Crippen LogP contribution in [0, 0.1) is 11.6 Å². The molecule has 0 aromatic heterocycles. The average Bonchev–Trinajstić information content (AvgIpc) is 2.32. The quantitative estimate of drug-likeness (QED) is 0.876. The number of hydrogen-bond donors (Lipinski definition) is 1. The maximum Gasteiger partial charge on any atom is 0.305 e. The van der Waals surface area contributed by atoms with Crippen LogP contribution >= 0.6 is 0 Å². The van der Waals surface area contributed by atoms with E-state index in [0.717, 1.165) is 12.1 Å². The summed E-state index contributed by atoms with van der Waals surface area (Å²) in [4.78, 5) is 23.6. The molecule has 0 heterocycles. The third kappa shape index (κ3) is 3.51. The zero-order valence-electron chi connectivity index (χ0n) is 9.82. The van der Waals surface area contributed by atoms with Crippen molar-refractivity contribution in [1.29, 1.82) is 0 Å². The van der Waals surface area contributed by atoms with Gasteiger partial charge in [-0.3, -0.25) is 9.59 Å². The molecule has 0 saturated carbocycles. The lowest BCUT2D eigenvalue weighted by molar-refractivity contribution is -0.137. The summed E-state index contributed by atoms with van der Waals surface area (Å²) < 4.78 is 25.7. The van der Waals surface area contributed by atoms with E-state index in [4.69, 9.17) is 5.11 Å². The van der Waals surface area contributed by atoms with Gasteiger partial charge in [-0.15, -0.1) is 0 Å². The van der Waals surface area contributed by atoms with Crippen molar-refractivity contribution in [1.82, 2.24) is 4.90 Å². The van der Waals surface area contributed by atoms with Gasteiger partial charge in [0.2, 0.25) is 0 Å². The van der Waals surface area contributed by atoms with Gasteiger partial charge in [0, 0.05) is 18.7 Å². The number of aliphatic carboxylic acids is 1. The zero-order valence-corrected chi connectivity index (χ0v) is 9.82. The van der Waals surface area contributed by atoms with E-state index in [2.05, 4.69) is 0 Å². The lowest BCUT2D eigenvalue weighted by atomic mass is 10.2. The molecule has 0 radical (unpaired) electrons. The second-order valence-corrected chi connectivity index (χ2v) is 3.66. The fourth-order valence-electron chi connectivity index (χ4n) is 1.45. The molecule has 4 nitrogen and oxygen atoms in total. The van der Waals surface area contributed by atoms with Gasteiger partial charge in [0.25, 0.3) is 5.91 Å². The minimum Gasteiger partial charge on any atom is -0.481 e. The first-order valence-corrected chi connectivity index (χ1v) is 5.41. The predicted molar refractivity (Wildman–Crippen MR) is 60.2 cm³/mol. The molecule has 0 saturated heterocycles. The van der Waals surface area contributed by atoms with Gasteiger partial charge in [0.1, 0.15) is 0 Å². The van der Waals surface area contributed by atoms with Crippen molar-refractivity contribution in [3.63, 3.8) is 0 Å². The third-order valence-electron chi connectivity index (χ3n) is 2.43. The first kappa shape index (κ1) is 14.1. The monoisotopic (exact) mass is 257 g/mol. The van der Waals surface area contributed by atoms with Gasteiger partial charge in [-0.1, -0.05) is 0 Å². The van der Waals surface area contributed by atoms with Crippen molar-refractivity contribution in [2.24, 2.45) is 0 Å². The first-order valence-electron chi connectivity index (χ1n) is 5.41. The highest BCUT2D eigenvalue weighted by Gasteiger charge is 2.16. The van der Waals surface area contributed by atoms with E-state index in [9.17, 15) is 18.4 Å². The summed E-state index contributed by atoms with van der Waals surface area (Å²) in [6, 6.07) is 2.85. The lowest BCUT2D eigenvalue weighted by Gasteiger charge is -2.20. The van der Waals surface area contributed by atoms with E-state index in [1.807, 2.05) is 0 Å². The fourth-order valence-corrected chi connectivity index (χ4v) is 1.45. The summed E-state index contributed by atoms with van der Waals surface area (Å²) in [7, 11) is 0. The molecule has 0 fully saturated rings. The summed E-state index contributed by atoms with van der Waals surface area (Å²) in [6.07, 6.45) is -0.191. The summed E-state index contributed by atoms with van der Waals surface area (Å²) in [5.41, 5.74) is 0.00105. The Hall–Kier alpha value is -1.98. The largest absolute Gasteiger partial charge is 0.481 e. The molecule has 0 bridgehead atoms. The van der Waals surface area contributed by atoms with E-state index < -0.39 is 23.5 Å². The number of carbonyl (C=O) groups is 2. The molecular formula is C12H13F2NO3. The van der Waals surface area contributed by atoms with Crippen molar-refractivity contribution in [2.75, 3.05) is 13.1 Å². The normalized spacial score (nSPS) is 10.2. The average molecular weight is 257 g/mol. The van der Waals surface area contributed by atoms with E-state index >= 15 is 0 Å². The number of carboxylic acids is 1. The van der Waals surface area contributed by atoms with Crippen molar-refractivity contribution >= 4 is 11.9 Å². The van der Waals surface area contributed by atoms with Gasteiger partial charge >= 0.3 is 5.97 Å². The summed E-state index contributed by atoms with van der Waals surface area (Å²) in [5, 5.41) is 8.54. The molecule has 0 aliphatic carbocycles. The highest BCUT2D eigenvalue weighted by Crippen LogP contribution is 2.11. The molecule has 0 atom stereocenters. The van der Waals surface area contributed by atoms with Crippen LogP contribution in [-0.2, 0) is 4.79 Å². The zero-order chi connectivity index (χ0) is 13.7. The van der Waals surface area contributed by atoms with Crippen molar-refractivity contribution in [2.45, 2.75) is 13.3 Å². The van der Waals surface area contributed by atoms with Crippen LogP contribution in [0.3, 0.4) is 0 Å². The van der Waals surface area contributed by atoms with Crippen molar-refractivity contribution in [3.8, 4) is 0 Å². The van der Waals surface area contributed by atoms with Gasteiger partial charge in [-0.25, -0.2) is 8.78 Å². The van der Waals surface area contributed by atoms with Crippen LogP contribution in [0.15, 0.2) is 18.2 Å². The van der Waals surface area contributed by atoms with Crippen LogP contribution in [0.5, 0.6) is 0 Å². The number of nitrogens with zero attached hydrogens (tertiary/aromatic N) is 1. The van der Waals surface area contributed by atoms with Crippen molar-refractivity contribution in [3.05, 3.63) is 35.4 Å². The lowest BCUT2D eigenvalue weighted by Crippen LogP contribution is -2.32. The molecule has 98 valence electrons. The number of amides is 1.